The van der Waals surface area contributed by atoms with Crippen LogP contribution in [0.15, 0.2) is 12.3 Å². The molecular formula is C19H33N3O5. The lowest BCUT2D eigenvalue weighted by molar-refractivity contribution is -0.161. The molecule has 0 bridgehead atoms. The molecule has 0 radical (unpaired) electrons. The third-order valence-corrected chi connectivity index (χ3v) is 5.31. The van der Waals surface area contributed by atoms with E-state index >= 15 is 0 Å². The third-order valence-electron chi connectivity index (χ3n) is 5.31. The molecule has 0 saturated carbocycles. The highest BCUT2D eigenvalue weighted by molar-refractivity contribution is 5.77. The summed E-state index contributed by atoms with van der Waals surface area (Å²) >= 11 is 0. The molecule has 0 aromatic carbocycles. The zero-order chi connectivity index (χ0) is 20.2. The highest BCUT2D eigenvalue weighted by Crippen LogP contribution is 2.42. The first-order valence-corrected chi connectivity index (χ1v) is 9.71. The second-order valence-electron chi connectivity index (χ2n) is 8.01. The molecule has 0 aliphatic carbocycles. The molecule has 0 aromatic rings. The molecule has 5 atom stereocenters. The highest BCUT2D eigenvalue weighted by Gasteiger charge is 2.56. The molecule has 1 saturated heterocycles. The molecule has 0 aromatic heterocycles. The zero-order valence-corrected chi connectivity index (χ0v) is 16.7. The van der Waals surface area contributed by atoms with Crippen molar-refractivity contribution in [3.8, 4) is 0 Å². The Morgan fingerprint density at radius 2 is 2.19 bits per heavy atom. The minimum Gasteiger partial charge on any atom is -0.459 e. The van der Waals surface area contributed by atoms with Crippen LogP contribution >= 0.6 is 0 Å². The summed E-state index contributed by atoms with van der Waals surface area (Å²) in [5.41, 5.74) is 4.97. The van der Waals surface area contributed by atoms with E-state index in [9.17, 15) is 14.7 Å². The Balaban J connectivity index is 2.10. The number of hydrogen-bond acceptors (Lipinski definition) is 6. The molecule has 2 amide bonds. The molecule has 2 heterocycles. The fraction of sp³-hybridized carbons (Fsp3) is 0.789. The minimum absolute atomic E-state index is 0.220. The van der Waals surface area contributed by atoms with Gasteiger partial charge < -0.3 is 25.6 Å². The number of nitrogens with one attached hydrogen (secondary N) is 1. The van der Waals surface area contributed by atoms with Crippen molar-refractivity contribution in [3.05, 3.63) is 12.3 Å². The van der Waals surface area contributed by atoms with Crippen molar-refractivity contribution >= 4 is 12.0 Å². The van der Waals surface area contributed by atoms with Gasteiger partial charge in [0.2, 0.25) is 0 Å². The van der Waals surface area contributed by atoms with Gasteiger partial charge in [-0.05, 0) is 12.5 Å². The van der Waals surface area contributed by atoms with E-state index in [1.807, 2.05) is 20.8 Å². The van der Waals surface area contributed by atoms with Gasteiger partial charge in [0.1, 0.15) is 18.4 Å². The first kappa shape index (κ1) is 21.7. The Bertz CT molecular complexity index is 566. The zero-order valence-electron chi connectivity index (χ0n) is 16.7. The quantitative estimate of drug-likeness (QED) is 0.434. The van der Waals surface area contributed by atoms with Gasteiger partial charge >= 0.3 is 12.0 Å². The van der Waals surface area contributed by atoms with Gasteiger partial charge in [-0.15, -0.1) is 0 Å². The number of urea groups is 1. The summed E-state index contributed by atoms with van der Waals surface area (Å²) in [6.07, 6.45) is 4.52. The lowest BCUT2D eigenvalue weighted by Gasteiger charge is -2.37. The first-order chi connectivity index (χ1) is 12.7. The SMILES string of the molecule is CCCCCC(C)C(=O)OC1[C@@H](CO)O[C@@H](N2C=CC(N)NC2=O)C1(C)C. The van der Waals surface area contributed by atoms with E-state index in [0.29, 0.717) is 0 Å². The Labute approximate surface area is 161 Å². The number of unbranched alkanes of at least 4 members (excludes halogenated alkanes) is 2. The smallest absolute Gasteiger partial charge is 0.325 e. The summed E-state index contributed by atoms with van der Waals surface area (Å²) < 4.78 is 11.7. The van der Waals surface area contributed by atoms with Gasteiger partial charge in [0.25, 0.3) is 0 Å². The topological polar surface area (TPSA) is 114 Å². The molecule has 1 fully saturated rings. The monoisotopic (exact) mass is 383 g/mol. The maximum absolute atomic E-state index is 12.5. The van der Waals surface area contributed by atoms with Crippen LogP contribution in [0.25, 0.3) is 0 Å². The number of hydrogen-bond donors (Lipinski definition) is 3. The number of aliphatic hydroxyl groups is 1. The van der Waals surface area contributed by atoms with E-state index < -0.39 is 30.0 Å². The van der Waals surface area contributed by atoms with E-state index in [1.165, 1.54) is 4.90 Å². The van der Waals surface area contributed by atoms with Gasteiger partial charge in [0, 0.05) is 11.6 Å². The summed E-state index contributed by atoms with van der Waals surface area (Å²) in [6, 6.07) is -0.389. The normalized spacial score (nSPS) is 30.9. The van der Waals surface area contributed by atoms with E-state index in [0.717, 1.165) is 25.7 Å². The molecule has 3 unspecified atom stereocenters. The predicted octanol–water partition coefficient (Wildman–Crippen LogP) is 1.68. The highest BCUT2D eigenvalue weighted by atomic mass is 16.6. The number of carbonyl (C=O) groups excluding carboxylic acids is 2. The van der Waals surface area contributed by atoms with Crippen molar-refractivity contribution in [2.24, 2.45) is 17.1 Å². The number of amides is 2. The van der Waals surface area contributed by atoms with E-state index in [4.69, 9.17) is 15.2 Å². The van der Waals surface area contributed by atoms with Crippen LogP contribution < -0.4 is 11.1 Å². The Morgan fingerprint density at radius 3 is 2.78 bits per heavy atom. The van der Waals surface area contributed by atoms with Crippen LogP contribution in [0.5, 0.6) is 0 Å². The number of esters is 1. The summed E-state index contributed by atoms with van der Waals surface area (Å²) in [4.78, 5) is 26.2. The summed E-state index contributed by atoms with van der Waals surface area (Å²) in [5.74, 6) is -0.519. The number of nitrogens with two attached hydrogens (primary N) is 1. The van der Waals surface area contributed by atoms with Gasteiger partial charge in [-0.1, -0.05) is 47.0 Å². The number of aliphatic hydroxyl groups excluding tert-OH is 1. The van der Waals surface area contributed by atoms with Gasteiger partial charge in [-0.25, -0.2) is 4.79 Å². The van der Waals surface area contributed by atoms with Crippen molar-refractivity contribution in [1.82, 2.24) is 10.2 Å². The van der Waals surface area contributed by atoms with Crippen molar-refractivity contribution in [2.75, 3.05) is 6.61 Å². The van der Waals surface area contributed by atoms with Gasteiger partial charge in [0.15, 0.2) is 0 Å². The van der Waals surface area contributed by atoms with Crippen molar-refractivity contribution in [1.29, 1.82) is 0 Å². The second-order valence-corrected chi connectivity index (χ2v) is 8.01. The maximum atomic E-state index is 12.5. The molecule has 2 rings (SSSR count). The van der Waals surface area contributed by atoms with Crippen LogP contribution in [0, 0.1) is 11.3 Å². The molecule has 27 heavy (non-hydrogen) atoms. The summed E-state index contributed by atoms with van der Waals surface area (Å²) in [6.45, 7) is 7.39. The lowest BCUT2D eigenvalue weighted by atomic mass is 9.83. The standard InChI is InChI=1S/C19H33N3O5/c1-5-6-7-8-12(2)16(24)27-15-13(11-23)26-17(19(15,3)4)22-10-9-14(20)21-18(22)25/h9-10,12-15,17,23H,5-8,11,20H2,1-4H3,(H,21,25)/t12?,13-,14?,15?,17-/m1/s1. The fourth-order valence-electron chi connectivity index (χ4n) is 3.59. The third kappa shape index (κ3) is 4.80. The van der Waals surface area contributed by atoms with Crippen molar-refractivity contribution in [2.45, 2.75) is 78.0 Å². The molecular weight excluding hydrogens is 350 g/mol. The lowest BCUT2D eigenvalue weighted by Crippen LogP contribution is -2.56. The van der Waals surface area contributed by atoms with E-state index in [1.54, 1.807) is 12.3 Å². The summed E-state index contributed by atoms with van der Waals surface area (Å²) in [5, 5.41) is 12.4. The maximum Gasteiger partial charge on any atom is 0.325 e. The van der Waals surface area contributed by atoms with Gasteiger partial charge in [0.05, 0.1) is 18.7 Å². The van der Waals surface area contributed by atoms with E-state index in [-0.39, 0.29) is 24.5 Å². The summed E-state index contributed by atoms with van der Waals surface area (Å²) in [7, 11) is 0. The number of nitrogens with zero attached hydrogens (tertiary/aromatic N) is 1. The van der Waals surface area contributed by atoms with Crippen LogP contribution in [0.4, 0.5) is 4.79 Å². The van der Waals surface area contributed by atoms with Crippen molar-refractivity contribution < 1.29 is 24.2 Å². The number of ether oxygens (including phenoxy) is 2. The second kappa shape index (κ2) is 9.03. The average molecular weight is 383 g/mol. The Kier molecular flexibility index (Phi) is 7.25. The first-order valence-electron chi connectivity index (χ1n) is 9.71. The van der Waals surface area contributed by atoms with Crippen LogP contribution in [-0.2, 0) is 14.3 Å². The predicted molar refractivity (Wildman–Crippen MR) is 100 cm³/mol. The van der Waals surface area contributed by atoms with Crippen LogP contribution in [-0.4, -0.2) is 53.2 Å². The fourth-order valence-corrected chi connectivity index (χ4v) is 3.59. The number of carbonyl (C=O) groups is 2. The largest absolute Gasteiger partial charge is 0.459 e. The average Bonchev–Trinajstić information content (AvgIpc) is 2.85. The Morgan fingerprint density at radius 1 is 1.48 bits per heavy atom. The minimum atomic E-state index is -0.713. The van der Waals surface area contributed by atoms with Crippen molar-refractivity contribution in [3.63, 3.8) is 0 Å². The van der Waals surface area contributed by atoms with Gasteiger partial charge in [-0.3, -0.25) is 9.69 Å². The molecule has 2 aliphatic heterocycles. The molecule has 4 N–H and O–H groups in total. The molecule has 2 aliphatic rings. The Hall–Kier alpha value is -1.64. The molecule has 8 heteroatoms. The number of rotatable bonds is 8. The van der Waals surface area contributed by atoms with Crippen LogP contribution in [0.1, 0.15) is 53.4 Å². The molecule has 8 nitrogen and oxygen atoms in total. The van der Waals surface area contributed by atoms with Crippen LogP contribution in [0.2, 0.25) is 0 Å². The van der Waals surface area contributed by atoms with Gasteiger partial charge in [-0.2, -0.15) is 0 Å². The molecule has 154 valence electrons. The van der Waals surface area contributed by atoms with E-state index in [2.05, 4.69) is 12.2 Å². The molecule has 0 spiro atoms. The van der Waals surface area contributed by atoms with Crippen LogP contribution in [0.3, 0.4) is 0 Å².